The second kappa shape index (κ2) is 3.08. The van der Waals surface area contributed by atoms with Gasteiger partial charge in [-0.15, -0.1) is 0 Å². The largest absolute Gasteiger partial charge is 0.396 e. The molecule has 1 aliphatic heterocycles. The number of hydrogen-bond acceptors (Lipinski definition) is 2. The zero-order valence-electron chi connectivity index (χ0n) is 6.51. The van der Waals surface area contributed by atoms with E-state index >= 15 is 0 Å². The average Bonchev–Trinajstić information content (AvgIpc) is 2.54. The Morgan fingerprint density at radius 1 is 0.929 bits per heavy atom. The van der Waals surface area contributed by atoms with Gasteiger partial charge in [0.25, 0.3) is 0 Å². The first-order chi connectivity index (χ1) is 6.52. The highest BCUT2D eigenvalue weighted by Gasteiger charge is 2.18. The minimum absolute atomic E-state index is 0.0871. The summed E-state index contributed by atoms with van der Waals surface area (Å²) in [6, 6.07) is -0.662. The lowest BCUT2D eigenvalue weighted by atomic mass is 10.3. The predicted molar refractivity (Wildman–Crippen MR) is 53.6 cm³/mol. The molecule has 0 atom stereocenters. The number of urea groups is 1. The van der Waals surface area contributed by atoms with Crippen LogP contribution in [-0.2, 0) is 0 Å². The Bertz CT molecular complexity index is 518. The first kappa shape index (κ1) is 9.71. The van der Waals surface area contributed by atoms with E-state index in [-0.39, 0.29) is 31.5 Å². The maximum atomic E-state index is 10.9. The van der Waals surface area contributed by atoms with Crippen LogP contribution in [0.4, 0.5) is 10.5 Å². The minimum atomic E-state index is -0.662. The van der Waals surface area contributed by atoms with Crippen LogP contribution in [-0.4, -0.2) is 6.03 Å². The number of fused-ring (bicyclic) bond motifs is 1. The van der Waals surface area contributed by atoms with Crippen molar-refractivity contribution < 1.29 is 4.79 Å². The highest BCUT2D eigenvalue weighted by molar-refractivity contribution is 6.45. The fourth-order valence-corrected chi connectivity index (χ4v) is 1.77. The SMILES string of the molecule is Nc1c(Cl)c(Cl)c2c(c1Cl)=NC(=O)N=2. The molecule has 0 spiro atoms. The van der Waals surface area contributed by atoms with Gasteiger partial charge in [-0.2, -0.15) is 9.98 Å². The predicted octanol–water partition coefficient (Wildman–Crippen LogP) is 1.60. The van der Waals surface area contributed by atoms with Crippen molar-refractivity contribution in [3.05, 3.63) is 25.8 Å². The Labute approximate surface area is 93.0 Å². The summed E-state index contributed by atoms with van der Waals surface area (Å²) in [7, 11) is 0. The molecule has 0 bridgehead atoms. The molecule has 0 radical (unpaired) electrons. The number of rotatable bonds is 0. The van der Waals surface area contributed by atoms with Gasteiger partial charge in [-0.1, -0.05) is 34.8 Å². The van der Waals surface area contributed by atoms with Gasteiger partial charge in [0.2, 0.25) is 0 Å². The number of nitrogen functional groups attached to an aromatic ring is 1. The molecule has 0 fully saturated rings. The number of carbonyl (C=O) groups is 1. The van der Waals surface area contributed by atoms with Crippen molar-refractivity contribution in [2.24, 2.45) is 9.98 Å². The summed E-state index contributed by atoms with van der Waals surface area (Å²) in [5.74, 6) is 0. The van der Waals surface area contributed by atoms with Crippen LogP contribution in [0.15, 0.2) is 9.98 Å². The van der Waals surface area contributed by atoms with Crippen molar-refractivity contribution in [2.45, 2.75) is 0 Å². The summed E-state index contributed by atoms with van der Waals surface area (Å²) in [6.45, 7) is 0. The average molecular weight is 250 g/mol. The summed E-state index contributed by atoms with van der Waals surface area (Å²) in [4.78, 5) is 18.0. The lowest BCUT2D eigenvalue weighted by molar-refractivity contribution is 0.256. The van der Waals surface area contributed by atoms with Crippen molar-refractivity contribution in [2.75, 3.05) is 5.73 Å². The fraction of sp³-hybridized carbons (Fsp3) is 0. The molecule has 2 rings (SSSR count). The van der Waals surface area contributed by atoms with Gasteiger partial charge in [0.05, 0.1) is 20.8 Å². The number of benzene rings is 1. The van der Waals surface area contributed by atoms with Gasteiger partial charge < -0.3 is 5.73 Å². The molecule has 2 amide bonds. The Kier molecular flexibility index (Phi) is 2.14. The zero-order chi connectivity index (χ0) is 10.5. The summed E-state index contributed by atoms with van der Waals surface area (Å²) in [5, 5.41) is 0.649. The van der Waals surface area contributed by atoms with E-state index in [0.717, 1.165) is 0 Å². The summed E-state index contributed by atoms with van der Waals surface area (Å²) in [6.07, 6.45) is 0. The Balaban J connectivity index is 3.07. The van der Waals surface area contributed by atoms with Crippen molar-refractivity contribution >= 4 is 46.5 Å². The molecule has 0 aliphatic carbocycles. The molecular weight excluding hydrogens is 248 g/mol. The Morgan fingerprint density at radius 3 is 2.00 bits per heavy atom. The lowest BCUT2D eigenvalue weighted by Crippen LogP contribution is -2.25. The number of hydrogen-bond donors (Lipinski definition) is 1. The molecule has 2 N–H and O–H groups in total. The minimum Gasteiger partial charge on any atom is -0.396 e. The third-order valence-electron chi connectivity index (χ3n) is 1.72. The number of anilines is 1. The zero-order valence-corrected chi connectivity index (χ0v) is 8.78. The summed E-state index contributed by atoms with van der Waals surface area (Å²) >= 11 is 17.4. The van der Waals surface area contributed by atoms with Gasteiger partial charge >= 0.3 is 6.03 Å². The number of nitrogens with zero attached hydrogens (tertiary/aromatic N) is 2. The number of halogens is 3. The first-order valence-corrected chi connectivity index (χ1v) is 4.59. The molecule has 0 aromatic heterocycles. The third kappa shape index (κ3) is 1.19. The first-order valence-electron chi connectivity index (χ1n) is 3.45. The standard InChI is InChI=1S/C7H2Cl3N3O/c8-1-2(9)5-6(3(10)4(1)11)13-7(14)12-5/h11H2. The van der Waals surface area contributed by atoms with Crippen LogP contribution in [0.1, 0.15) is 0 Å². The molecule has 72 valence electrons. The van der Waals surface area contributed by atoms with E-state index in [1.807, 2.05) is 0 Å². The number of carbonyl (C=O) groups excluding carboxylic acids is 1. The van der Waals surface area contributed by atoms with Gasteiger partial charge in [0.15, 0.2) is 0 Å². The molecule has 0 saturated carbocycles. The van der Waals surface area contributed by atoms with Crippen LogP contribution >= 0.6 is 34.8 Å². The molecule has 14 heavy (non-hydrogen) atoms. The van der Waals surface area contributed by atoms with E-state index in [9.17, 15) is 4.79 Å². The molecule has 1 aliphatic rings. The van der Waals surface area contributed by atoms with Gasteiger partial charge in [-0.3, -0.25) is 0 Å². The fourth-order valence-electron chi connectivity index (χ4n) is 1.07. The maximum absolute atomic E-state index is 10.9. The van der Waals surface area contributed by atoms with Crippen LogP contribution < -0.4 is 16.4 Å². The maximum Gasteiger partial charge on any atom is 0.368 e. The molecule has 1 aromatic rings. The third-order valence-corrected chi connectivity index (χ3v) is 2.96. The van der Waals surface area contributed by atoms with Gasteiger partial charge in [0.1, 0.15) is 10.7 Å². The van der Waals surface area contributed by atoms with Gasteiger partial charge in [-0.05, 0) is 0 Å². The van der Waals surface area contributed by atoms with Crippen LogP contribution in [0.3, 0.4) is 0 Å². The Morgan fingerprint density at radius 2 is 1.43 bits per heavy atom. The molecular formula is C7H2Cl3N3O. The second-order valence-electron chi connectivity index (χ2n) is 2.56. The topological polar surface area (TPSA) is 67.8 Å². The van der Waals surface area contributed by atoms with Crippen LogP contribution in [0.5, 0.6) is 0 Å². The summed E-state index contributed by atoms with van der Waals surface area (Å²) in [5.41, 5.74) is 5.64. The van der Waals surface area contributed by atoms with Gasteiger partial charge in [-0.25, -0.2) is 4.79 Å². The lowest BCUT2D eigenvalue weighted by Gasteiger charge is -2.01. The molecule has 1 aromatic carbocycles. The van der Waals surface area contributed by atoms with Crippen molar-refractivity contribution in [1.29, 1.82) is 0 Å². The highest BCUT2D eigenvalue weighted by atomic mass is 35.5. The molecule has 0 saturated heterocycles. The highest BCUT2D eigenvalue weighted by Crippen LogP contribution is 2.28. The van der Waals surface area contributed by atoms with Crippen LogP contribution in [0.25, 0.3) is 0 Å². The molecule has 1 heterocycles. The summed E-state index contributed by atoms with van der Waals surface area (Å²) < 4.78 is 0. The monoisotopic (exact) mass is 249 g/mol. The van der Waals surface area contributed by atoms with E-state index < -0.39 is 6.03 Å². The van der Waals surface area contributed by atoms with E-state index in [0.29, 0.717) is 0 Å². The van der Waals surface area contributed by atoms with E-state index in [1.54, 1.807) is 0 Å². The van der Waals surface area contributed by atoms with Crippen LogP contribution in [0.2, 0.25) is 15.1 Å². The smallest absolute Gasteiger partial charge is 0.368 e. The molecule has 7 heteroatoms. The van der Waals surface area contributed by atoms with Crippen molar-refractivity contribution in [3.8, 4) is 0 Å². The van der Waals surface area contributed by atoms with Gasteiger partial charge in [0, 0.05) is 0 Å². The second-order valence-corrected chi connectivity index (χ2v) is 3.69. The quantitative estimate of drug-likeness (QED) is 0.561. The molecule has 4 nitrogen and oxygen atoms in total. The van der Waals surface area contributed by atoms with E-state index in [2.05, 4.69) is 9.98 Å². The van der Waals surface area contributed by atoms with Crippen molar-refractivity contribution in [1.82, 2.24) is 0 Å². The molecule has 0 unspecified atom stereocenters. The van der Waals surface area contributed by atoms with Crippen molar-refractivity contribution in [3.63, 3.8) is 0 Å². The number of amides is 2. The normalized spacial score (nSPS) is 13.5. The number of nitrogens with two attached hydrogens (primary N) is 1. The van der Waals surface area contributed by atoms with E-state index in [4.69, 9.17) is 40.5 Å². The van der Waals surface area contributed by atoms with E-state index in [1.165, 1.54) is 0 Å². The van der Waals surface area contributed by atoms with Crippen LogP contribution in [0, 0.1) is 0 Å². The Hall–Kier alpha value is -0.840.